The third-order valence-electron chi connectivity index (χ3n) is 2.71. The largest absolute Gasteiger partial charge is 0.481 e. The van der Waals surface area contributed by atoms with Crippen molar-refractivity contribution in [2.24, 2.45) is 11.3 Å². The Hall–Kier alpha value is -1.04. The Morgan fingerprint density at radius 3 is 2.42 bits per heavy atom. The van der Waals surface area contributed by atoms with Crippen molar-refractivity contribution in [2.75, 3.05) is 0 Å². The SMILES string of the molecule is CC1(C#N)CCC(C(=O)O)CC1. The first-order valence-electron chi connectivity index (χ1n) is 4.21. The van der Waals surface area contributed by atoms with Gasteiger partial charge >= 0.3 is 5.97 Å². The zero-order valence-electron chi connectivity index (χ0n) is 7.21. The molecule has 0 aromatic heterocycles. The number of hydrogen-bond donors (Lipinski definition) is 1. The van der Waals surface area contributed by atoms with Gasteiger partial charge in [-0.3, -0.25) is 4.79 Å². The molecule has 0 unspecified atom stereocenters. The number of carboxylic acid groups (broad SMARTS) is 1. The molecule has 1 N–H and O–H groups in total. The van der Waals surface area contributed by atoms with Gasteiger partial charge in [0.1, 0.15) is 0 Å². The van der Waals surface area contributed by atoms with Crippen molar-refractivity contribution in [3.63, 3.8) is 0 Å². The number of nitrogens with zero attached hydrogens (tertiary/aromatic N) is 1. The van der Waals surface area contributed by atoms with Gasteiger partial charge in [0.15, 0.2) is 0 Å². The van der Waals surface area contributed by atoms with Crippen molar-refractivity contribution >= 4 is 5.97 Å². The second-order valence-corrected chi connectivity index (χ2v) is 3.78. The van der Waals surface area contributed by atoms with E-state index in [2.05, 4.69) is 6.07 Å². The van der Waals surface area contributed by atoms with E-state index in [1.807, 2.05) is 6.92 Å². The van der Waals surface area contributed by atoms with Crippen molar-refractivity contribution < 1.29 is 9.90 Å². The van der Waals surface area contributed by atoms with E-state index < -0.39 is 5.97 Å². The van der Waals surface area contributed by atoms with Gasteiger partial charge in [0, 0.05) is 0 Å². The van der Waals surface area contributed by atoms with Crippen LogP contribution in [0.1, 0.15) is 32.6 Å². The van der Waals surface area contributed by atoms with Crippen molar-refractivity contribution in [1.29, 1.82) is 5.26 Å². The van der Waals surface area contributed by atoms with Gasteiger partial charge in [-0.2, -0.15) is 5.26 Å². The lowest BCUT2D eigenvalue weighted by molar-refractivity contribution is -0.143. The third-order valence-corrected chi connectivity index (χ3v) is 2.71. The summed E-state index contributed by atoms with van der Waals surface area (Å²) in [5.74, 6) is -0.929. The number of nitriles is 1. The molecule has 1 fully saturated rings. The highest BCUT2D eigenvalue weighted by Gasteiger charge is 2.33. The molecule has 0 heterocycles. The minimum atomic E-state index is -0.713. The molecule has 0 aromatic carbocycles. The molecular formula is C9H13NO2. The molecule has 0 radical (unpaired) electrons. The Balaban J connectivity index is 2.51. The van der Waals surface area contributed by atoms with Crippen molar-refractivity contribution in [3.05, 3.63) is 0 Å². The molecule has 1 saturated carbocycles. The van der Waals surface area contributed by atoms with E-state index in [1.54, 1.807) is 0 Å². The summed E-state index contributed by atoms with van der Waals surface area (Å²) in [6, 6.07) is 2.25. The molecule has 1 aliphatic rings. The van der Waals surface area contributed by atoms with E-state index in [4.69, 9.17) is 10.4 Å². The molecule has 0 amide bonds. The average Bonchev–Trinajstić information content (AvgIpc) is 2.05. The Bertz CT molecular complexity index is 221. The van der Waals surface area contributed by atoms with Gasteiger partial charge in [-0.25, -0.2) is 0 Å². The van der Waals surface area contributed by atoms with Gasteiger partial charge < -0.3 is 5.11 Å². The van der Waals surface area contributed by atoms with E-state index in [1.165, 1.54) is 0 Å². The van der Waals surface area contributed by atoms with Crippen molar-refractivity contribution in [2.45, 2.75) is 32.6 Å². The smallest absolute Gasteiger partial charge is 0.306 e. The summed E-state index contributed by atoms with van der Waals surface area (Å²) < 4.78 is 0. The van der Waals surface area contributed by atoms with Gasteiger partial charge in [-0.05, 0) is 32.6 Å². The van der Waals surface area contributed by atoms with Gasteiger partial charge in [0.25, 0.3) is 0 Å². The van der Waals surface area contributed by atoms with Gasteiger partial charge in [0.2, 0.25) is 0 Å². The Morgan fingerprint density at radius 2 is 2.08 bits per heavy atom. The third kappa shape index (κ3) is 1.76. The molecule has 3 heteroatoms. The molecule has 3 nitrogen and oxygen atoms in total. The fourth-order valence-electron chi connectivity index (χ4n) is 1.61. The maximum absolute atomic E-state index is 10.6. The molecule has 0 aliphatic heterocycles. The highest BCUT2D eigenvalue weighted by Crippen LogP contribution is 2.37. The van der Waals surface area contributed by atoms with Crippen molar-refractivity contribution in [3.8, 4) is 6.07 Å². The Labute approximate surface area is 72.0 Å². The highest BCUT2D eigenvalue weighted by molar-refractivity contribution is 5.70. The first-order valence-corrected chi connectivity index (χ1v) is 4.21. The molecule has 66 valence electrons. The summed E-state index contributed by atoms with van der Waals surface area (Å²) in [5, 5.41) is 17.5. The van der Waals surface area contributed by atoms with Gasteiger partial charge in [-0.15, -0.1) is 0 Å². The Morgan fingerprint density at radius 1 is 1.58 bits per heavy atom. The highest BCUT2D eigenvalue weighted by atomic mass is 16.4. The van der Waals surface area contributed by atoms with Gasteiger partial charge in [0.05, 0.1) is 17.4 Å². The molecule has 0 bridgehead atoms. The first-order chi connectivity index (χ1) is 5.57. The molecule has 0 spiro atoms. The lowest BCUT2D eigenvalue weighted by atomic mass is 9.73. The minimum absolute atomic E-state index is 0.216. The predicted molar refractivity (Wildman–Crippen MR) is 43.3 cm³/mol. The van der Waals surface area contributed by atoms with Crippen molar-refractivity contribution in [1.82, 2.24) is 0 Å². The molecule has 0 aromatic rings. The molecule has 1 aliphatic carbocycles. The van der Waals surface area contributed by atoms with Crippen LogP contribution in [0.2, 0.25) is 0 Å². The van der Waals surface area contributed by atoms with E-state index in [0.717, 1.165) is 12.8 Å². The summed E-state index contributed by atoms with van der Waals surface area (Å²) >= 11 is 0. The van der Waals surface area contributed by atoms with Crippen LogP contribution in [0.15, 0.2) is 0 Å². The van der Waals surface area contributed by atoms with Crippen LogP contribution in [0.25, 0.3) is 0 Å². The Kier molecular flexibility index (Phi) is 2.37. The fourth-order valence-corrected chi connectivity index (χ4v) is 1.61. The first kappa shape index (κ1) is 9.05. The second-order valence-electron chi connectivity index (χ2n) is 3.78. The zero-order valence-corrected chi connectivity index (χ0v) is 7.21. The summed E-state index contributed by atoms with van der Waals surface area (Å²) in [5.41, 5.74) is -0.272. The van der Waals surface area contributed by atoms with E-state index in [-0.39, 0.29) is 11.3 Å². The van der Waals surface area contributed by atoms with Crippen LogP contribution in [0.4, 0.5) is 0 Å². The maximum Gasteiger partial charge on any atom is 0.306 e. The summed E-state index contributed by atoms with van der Waals surface area (Å²) in [7, 11) is 0. The lowest BCUT2D eigenvalue weighted by Crippen LogP contribution is -2.26. The molecule has 0 atom stereocenters. The maximum atomic E-state index is 10.6. The monoisotopic (exact) mass is 167 g/mol. The number of carboxylic acids is 1. The normalized spacial score (nSPS) is 35.5. The lowest BCUT2D eigenvalue weighted by Gasteiger charge is -2.29. The molecular weight excluding hydrogens is 154 g/mol. The van der Waals surface area contributed by atoms with E-state index in [0.29, 0.717) is 12.8 Å². The number of hydrogen-bond acceptors (Lipinski definition) is 2. The topological polar surface area (TPSA) is 61.1 Å². The summed E-state index contributed by atoms with van der Waals surface area (Å²) in [4.78, 5) is 10.6. The van der Waals surface area contributed by atoms with Crippen LogP contribution in [-0.4, -0.2) is 11.1 Å². The van der Waals surface area contributed by atoms with Crippen LogP contribution in [-0.2, 0) is 4.79 Å². The number of aliphatic carboxylic acids is 1. The quantitative estimate of drug-likeness (QED) is 0.647. The molecule has 1 rings (SSSR count). The van der Waals surface area contributed by atoms with Crippen LogP contribution < -0.4 is 0 Å². The predicted octanol–water partition coefficient (Wildman–Crippen LogP) is 1.79. The number of carbonyl (C=O) groups is 1. The molecule has 12 heavy (non-hydrogen) atoms. The number of rotatable bonds is 1. The van der Waals surface area contributed by atoms with Crippen LogP contribution >= 0.6 is 0 Å². The van der Waals surface area contributed by atoms with E-state index >= 15 is 0 Å². The fraction of sp³-hybridized carbons (Fsp3) is 0.778. The molecule has 0 saturated heterocycles. The zero-order chi connectivity index (χ0) is 9.19. The second kappa shape index (κ2) is 3.14. The summed E-state index contributed by atoms with van der Waals surface area (Å²) in [6.07, 6.45) is 2.75. The van der Waals surface area contributed by atoms with Crippen LogP contribution in [0.3, 0.4) is 0 Å². The summed E-state index contributed by atoms with van der Waals surface area (Å²) in [6.45, 7) is 1.91. The minimum Gasteiger partial charge on any atom is -0.481 e. The van der Waals surface area contributed by atoms with Gasteiger partial charge in [-0.1, -0.05) is 0 Å². The standard InChI is InChI=1S/C9H13NO2/c1-9(6-10)4-2-7(3-5-9)8(11)12/h7H,2-5H2,1H3,(H,11,12). The average molecular weight is 167 g/mol. The van der Waals surface area contributed by atoms with Crippen LogP contribution in [0.5, 0.6) is 0 Å². The van der Waals surface area contributed by atoms with Crippen LogP contribution in [0, 0.1) is 22.7 Å². The van der Waals surface area contributed by atoms with E-state index in [9.17, 15) is 4.79 Å².